The summed E-state index contributed by atoms with van der Waals surface area (Å²) in [5.41, 5.74) is 0.595. The smallest absolute Gasteiger partial charge is 0.355 e. The Labute approximate surface area is 121 Å². The lowest BCUT2D eigenvalue weighted by Gasteiger charge is -2.16. The van der Waals surface area contributed by atoms with Gasteiger partial charge in [-0.25, -0.2) is 9.18 Å². The van der Waals surface area contributed by atoms with Crippen LogP contribution in [0.1, 0.15) is 41.9 Å². The van der Waals surface area contributed by atoms with Crippen molar-refractivity contribution in [2.24, 2.45) is 0 Å². The van der Waals surface area contributed by atoms with E-state index in [0.717, 1.165) is 12.8 Å². The van der Waals surface area contributed by atoms with Crippen molar-refractivity contribution in [3.63, 3.8) is 0 Å². The van der Waals surface area contributed by atoms with Crippen LogP contribution in [0.15, 0.2) is 23.0 Å². The number of esters is 1. The Bertz CT molecular complexity index is 790. The quantitative estimate of drug-likeness (QED) is 0.816. The average Bonchev–Trinajstić information content (AvgIpc) is 3.27. The zero-order chi connectivity index (χ0) is 15.1. The van der Waals surface area contributed by atoms with Crippen molar-refractivity contribution >= 4 is 16.7 Å². The number of pyridine rings is 1. The molecule has 0 amide bonds. The van der Waals surface area contributed by atoms with Crippen molar-refractivity contribution in [3.8, 4) is 0 Å². The SMILES string of the molecule is CCOC(=O)c1c(C)c2cc(F)ccc2c(=O)n1C1CC1. The Kier molecular flexibility index (Phi) is 3.27. The fraction of sp³-hybridized carbons (Fsp3) is 0.375. The number of rotatable bonds is 3. The largest absolute Gasteiger partial charge is 0.461 e. The monoisotopic (exact) mass is 289 g/mol. The van der Waals surface area contributed by atoms with E-state index in [0.29, 0.717) is 16.3 Å². The number of hydrogen-bond acceptors (Lipinski definition) is 3. The van der Waals surface area contributed by atoms with E-state index in [9.17, 15) is 14.0 Å². The lowest BCUT2D eigenvalue weighted by molar-refractivity contribution is 0.0511. The van der Waals surface area contributed by atoms with Gasteiger partial charge in [0.1, 0.15) is 11.5 Å². The Morgan fingerprint density at radius 1 is 1.38 bits per heavy atom. The van der Waals surface area contributed by atoms with Gasteiger partial charge in [-0.05, 0) is 55.8 Å². The minimum absolute atomic E-state index is 0.0464. The molecule has 0 N–H and O–H groups in total. The van der Waals surface area contributed by atoms with Crippen LogP contribution >= 0.6 is 0 Å². The summed E-state index contributed by atoms with van der Waals surface area (Å²) in [6.45, 7) is 3.68. The molecule has 0 aliphatic heterocycles. The van der Waals surface area contributed by atoms with Crippen LogP contribution in [0.25, 0.3) is 10.8 Å². The zero-order valence-corrected chi connectivity index (χ0v) is 12.0. The molecule has 0 atom stereocenters. The number of halogens is 1. The van der Waals surface area contributed by atoms with E-state index in [1.165, 1.54) is 22.8 Å². The molecule has 1 saturated carbocycles. The van der Waals surface area contributed by atoms with Gasteiger partial charge in [0.25, 0.3) is 5.56 Å². The number of nitrogens with zero attached hydrogens (tertiary/aromatic N) is 1. The maximum atomic E-state index is 13.5. The molecule has 0 unspecified atom stereocenters. The van der Waals surface area contributed by atoms with Gasteiger partial charge < -0.3 is 4.74 Å². The number of ether oxygens (including phenoxy) is 1. The van der Waals surface area contributed by atoms with Gasteiger partial charge in [-0.3, -0.25) is 9.36 Å². The summed E-state index contributed by atoms with van der Waals surface area (Å²) in [6.07, 6.45) is 1.75. The highest BCUT2D eigenvalue weighted by Crippen LogP contribution is 2.36. The summed E-state index contributed by atoms with van der Waals surface area (Å²) in [4.78, 5) is 24.9. The van der Waals surface area contributed by atoms with Crippen LogP contribution in [0.2, 0.25) is 0 Å². The third kappa shape index (κ3) is 2.22. The summed E-state index contributed by atoms with van der Waals surface area (Å²) in [7, 11) is 0. The maximum Gasteiger partial charge on any atom is 0.355 e. The molecule has 1 aromatic heterocycles. The number of fused-ring (bicyclic) bond motifs is 1. The van der Waals surface area contributed by atoms with E-state index in [1.807, 2.05) is 0 Å². The molecule has 5 heteroatoms. The van der Waals surface area contributed by atoms with Crippen LogP contribution in [0.5, 0.6) is 0 Å². The molecule has 0 radical (unpaired) electrons. The molecule has 1 heterocycles. The van der Waals surface area contributed by atoms with Crippen LogP contribution < -0.4 is 5.56 Å². The van der Waals surface area contributed by atoms with Gasteiger partial charge in [0.2, 0.25) is 0 Å². The van der Waals surface area contributed by atoms with Gasteiger partial charge in [0, 0.05) is 11.4 Å². The van der Waals surface area contributed by atoms with Crippen molar-refractivity contribution in [1.29, 1.82) is 0 Å². The fourth-order valence-corrected chi connectivity index (χ4v) is 2.68. The first kappa shape index (κ1) is 13.8. The third-order valence-electron chi connectivity index (χ3n) is 3.81. The Hall–Kier alpha value is -2.17. The van der Waals surface area contributed by atoms with Crippen LogP contribution in [0.4, 0.5) is 4.39 Å². The number of hydrogen-bond donors (Lipinski definition) is 0. The second-order valence-corrected chi connectivity index (χ2v) is 5.29. The predicted molar refractivity (Wildman–Crippen MR) is 77.1 cm³/mol. The number of benzene rings is 1. The van der Waals surface area contributed by atoms with Crippen molar-refractivity contribution < 1.29 is 13.9 Å². The highest BCUT2D eigenvalue weighted by atomic mass is 19.1. The maximum absolute atomic E-state index is 13.5. The van der Waals surface area contributed by atoms with Gasteiger partial charge >= 0.3 is 5.97 Å². The minimum atomic E-state index is -0.523. The first-order valence-electron chi connectivity index (χ1n) is 7.06. The van der Waals surface area contributed by atoms with Gasteiger partial charge in [-0.1, -0.05) is 0 Å². The lowest BCUT2D eigenvalue weighted by Crippen LogP contribution is -2.28. The Balaban J connectivity index is 2.37. The first-order chi connectivity index (χ1) is 10.0. The molecule has 3 rings (SSSR count). The van der Waals surface area contributed by atoms with Crippen molar-refractivity contribution in [2.75, 3.05) is 6.61 Å². The standard InChI is InChI=1S/C16H16FNO3/c1-3-21-16(20)14-9(2)13-8-10(17)4-7-12(13)15(19)18(14)11-5-6-11/h4,7-8,11H,3,5-6H2,1-2H3. The second-order valence-electron chi connectivity index (χ2n) is 5.29. The number of carbonyl (C=O) groups excluding carboxylic acids is 1. The highest BCUT2D eigenvalue weighted by Gasteiger charge is 2.31. The highest BCUT2D eigenvalue weighted by molar-refractivity contribution is 5.96. The van der Waals surface area contributed by atoms with Crippen LogP contribution in [-0.2, 0) is 4.74 Å². The van der Waals surface area contributed by atoms with Gasteiger partial charge in [-0.15, -0.1) is 0 Å². The van der Waals surface area contributed by atoms with Crippen LogP contribution in [0.3, 0.4) is 0 Å². The van der Waals surface area contributed by atoms with E-state index >= 15 is 0 Å². The zero-order valence-electron chi connectivity index (χ0n) is 12.0. The van der Waals surface area contributed by atoms with E-state index in [1.54, 1.807) is 13.8 Å². The molecule has 21 heavy (non-hydrogen) atoms. The molecule has 4 nitrogen and oxygen atoms in total. The summed E-state index contributed by atoms with van der Waals surface area (Å²) >= 11 is 0. The number of aryl methyl sites for hydroxylation is 1. The molecular formula is C16H16FNO3. The molecule has 1 aliphatic carbocycles. The average molecular weight is 289 g/mol. The fourth-order valence-electron chi connectivity index (χ4n) is 2.68. The summed E-state index contributed by atoms with van der Waals surface area (Å²) in [5, 5.41) is 0.911. The molecule has 0 saturated heterocycles. The lowest BCUT2D eigenvalue weighted by atomic mass is 10.0. The molecule has 0 bridgehead atoms. The molecule has 1 aliphatic rings. The van der Waals surface area contributed by atoms with Crippen molar-refractivity contribution in [2.45, 2.75) is 32.7 Å². The topological polar surface area (TPSA) is 48.3 Å². The van der Waals surface area contributed by atoms with Gasteiger partial charge in [0.05, 0.1) is 6.61 Å². The van der Waals surface area contributed by atoms with Gasteiger partial charge in [0.15, 0.2) is 0 Å². The third-order valence-corrected chi connectivity index (χ3v) is 3.81. The molecule has 0 spiro atoms. The number of carbonyl (C=O) groups is 1. The molecule has 110 valence electrons. The van der Waals surface area contributed by atoms with E-state index in [-0.39, 0.29) is 23.9 Å². The van der Waals surface area contributed by atoms with E-state index < -0.39 is 11.8 Å². The summed E-state index contributed by atoms with van der Waals surface area (Å²) in [5.74, 6) is -0.950. The number of aromatic nitrogens is 1. The summed E-state index contributed by atoms with van der Waals surface area (Å²) < 4.78 is 20.1. The molecule has 1 fully saturated rings. The van der Waals surface area contributed by atoms with Crippen LogP contribution in [-0.4, -0.2) is 17.1 Å². The minimum Gasteiger partial charge on any atom is -0.461 e. The Morgan fingerprint density at radius 2 is 2.10 bits per heavy atom. The molecular weight excluding hydrogens is 273 g/mol. The predicted octanol–water partition coefficient (Wildman–Crippen LogP) is 2.96. The van der Waals surface area contributed by atoms with Crippen molar-refractivity contribution in [3.05, 3.63) is 45.6 Å². The normalized spacial score (nSPS) is 14.4. The Morgan fingerprint density at radius 3 is 2.71 bits per heavy atom. The second kappa shape index (κ2) is 4.98. The van der Waals surface area contributed by atoms with E-state index in [4.69, 9.17) is 4.74 Å². The molecule has 1 aromatic carbocycles. The molecule has 2 aromatic rings. The van der Waals surface area contributed by atoms with Crippen molar-refractivity contribution in [1.82, 2.24) is 4.57 Å². The summed E-state index contributed by atoms with van der Waals surface area (Å²) in [6, 6.07) is 4.09. The first-order valence-corrected chi connectivity index (χ1v) is 7.06. The van der Waals surface area contributed by atoms with Crippen LogP contribution in [0, 0.1) is 12.7 Å². The van der Waals surface area contributed by atoms with Gasteiger partial charge in [-0.2, -0.15) is 0 Å². The van der Waals surface area contributed by atoms with E-state index in [2.05, 4.69) is 0 Å².